The van der Waals surface area contributed by atoms with Crippen molar-refractivity contribution in [1.29, 1.82) is 0 Å². The summed E-state index contributed by atoms with van der Waals surface area (Å²) in [6.07, 6.45) is 0.576. The molecule has 0 radical (unpaired) electrons. The van der Waals surface area contributed by atoms with Gasteiger partial charge in [0.25, 0.3) is 5.91 Å². The minimum atomic E-state index is -0.277. The average Bonchev–Trinajstić information content (AvgIpc) is 3.12. The minimum Gasteiger partial charge on any atom is -0.497 e. The van der Waals surface area contributed by atoms with Crippen molar-refractivity contribution in [3.05, 3.63) is 58.1 Å². The predicted octanol–water partition coefficient (Wildman–Crippen LogP) is 4.38. The van der Waals surface area contributed by atoms with Gasteiger partial charge in [-0.15, -0.1) is 11.6 Å². The van der Waals surface area contributed by atoms with Gasteiger partial charge in [-0.05, 0) is 29.8 Å². The number of halogens is 2. The average molecular weight is 438 g/mol. The number of hydrogen-bond acceptors (Lipinski definition) is 4. The van der Waals surface area contributed by atoms with Crippen LogP contribution in [0.2, 0.25) is 0 Å². The van der Waals surface area contributed by atoms with Crippen LogP contribution in [0.15, 0.2) is 52.0 Å². The van der Waals surface area contributed by atoms with E-state index in [2.05, 4.69) is 21.0 Å². The Bertz CT molecular complexity index is 839. The lowest BCUT2D eigenvalue weighted by molar-refractivity contribution is -0.130. The lowest BCUT2D eigenvalue weighted by atomic mass is 9.97. The zero-order chi connectivity index (χ0) is 18.7. The van der Waals surface area contributed by atoms with Crippen molar-refractivity contribution in [2.24, 2.45) is 5.10 Å². The molecule has 7 heteroatoms. The zero-order valence-electron chi connectivity index (χ0n) is 14.4. The molecule has 1 heterocycles. The van der Waals surface area contributed by atoms with Crippen molar-refractivity contribution in [2.45, 2.75) is 12.5 Å². The quantitative estimate of drug-likeness (QED) is 0.652. The fraction of sp³-hybridized carbons (Fsp3) is 0.263. The number of hydrazone groups is 1. The molecule has 3 rings (SSSR count). The second-order valence-corrected chi connectivity index (χ2v) is 6.94. The summed E-state index contributed by atoms with van der Waals surface area (Å²) in [5.74, 6) is 0.954. The summed E-state index contributed by atoms with van der Waals surface area (Å²) in [6, 6.07) is 13.1. The summed E-state index contributed by atoms with van der Waals surface area (Å²) in [5, 5.41) is 6.00. The van der Waals surface area contributed by atoms with Crippen LogP contribution in [0.5, 0.6) is 11.5 Å². The highest BCUT2D eigenvalue weighted by Crippen LogP contribution is 2.39. The number of methoxy groups -OCH3 is 2. The molecule has 0 unspecified atom stereocenters. The normalized spacial score (nSPS) is 16.4. The van der Waals surface area contributed by atoms with E-state index in [0.29, 0.717) is 17.9 Å². The lowest BCUT2D eigenvalue weighted by Gasteiger charge is -2.23. The summed E-state index contributed by atoms with van der Waals surface area (Å²) in [6.45, 7) is 0. The van der Waals surface area contributed by atoms with Gasteiger partial charge in [0.15, 0.2) is 0 Å². The van der Waals surface area contributed by atoms with Crippen LogP contribution in [0.25, 0.3) is 0 Å². The highest BCUT2D eigenvalue weighted by Gasteiger charge is 2.34. The van der Waals surface area contributed by atoms with Crippen molar-refractivity contribution in [2.75, 3.05) is 20.1 Å². The molecule has 5 nitrogen and oxygen atoms in total. The summed E-state index contributed by atoms with van der Waals surface area (Å²) in [7, 11) is 3.19. The number of hydrogen-bond donors (Lipinski definition) is 0. The molecule has 26 heavy (non-hydrogen) atoms. The van der Waals surface area contributed by atoms with E-state index >= 15 is 0 Å². The zero-order valence-corrected chi connectivity index (χ0v) is 16.8. The summed E-state index contributed by atoms with van der Waals surface area (Å²) in [5.41, 5.74) is 2.66. The first kappa shape index (κ1) is 18.7. The first-order valence-electron chi connectivity index (χ1n) is 8.00. The number of amides is 1. The maximum atomic E-state index is 12.4. The van der Waals surface area contributed by atoms with Crippen molar-refractivity contribution in [1.82, 2.24) is 5.01 Å². The Morgan fingerprint density at radius 2 is 1.96 bits per heavy atom. The molecule has 1 amide bonds. The SMILES string of the molecule is COc1ccc([C@@H]2CC(c3ccc(Br)cc3)=NN2C(=O)CCl)c(OC)c1. The Labute approximate surface area is 165 Å². The van der Waals surface area contributed by atoms with E-state index < -0.39 is 0 Å². The van der Waals surface area contributed by atoms with Crippen LogP contribution in [0, 0.1) is 0 Å². The van der Waals surface area contributed by atoms with Crippen molar-refractivity contribution in [3.63, 3.8) is 0 Å². The highest BCUT2D eigenvalue weighted by molar-refractivity contribution is 9.10. The van der Waals surface area contributed by atoms with Crippen molar-refractivity contribution in [3.8, 4) is 11.5 Å². The maximum Gasteiger partial charge on any atom is 0.258 e. The molecular weight excluding hydrogens is 420 g/mol. The monoisotopic (exact) mass is 436 g/mol. The van der Waals surface area contributed by atoms with Gasteiger partial charge in [0.1, 0.15) is 17.4 Å². The van der Waals surface area contributed by atoms with Crippen LogP contribution < -0.4 is 9.47 Å². The predicted molar refractivity (Wildman–Crippen MR) is 105 cm³/mol. The standard InChI is InChI=1S/C19H18BrClN2O3/c1-25-14-7-8-15(18(9-14)26-2)17-10-16(22-23(17)19(24)11-21)12-3-5-13(20)6-4-12/h3-9,17H,10-11H2,1-2H3/t17-/m0/s1. The van der Waals surface area contributed by atoms with Crippen LogP contribution in [-0.2, 0) is 4.79 Å². The molecule has 1 aliphatic rings. The molecule has 0 N–H and O–H groups in total. The van der Waals surface area contributed by atoms with Crippen LogP contribution >= 0.6 is 27.5 Å². The molecule has 2 aromatic rings. The molecule has 0 saturated carbocycles. The van der Waals surface area contributed by atoms with Gasteiger partial charge in [-0.2, -0.15) is 5.10 Å². The minimum absolute atomic E-state index is 0.133. The van der Waals surface area contributed by atoms with E-state index in [9.17, 15) is 4.79 Å². The molecule has 0 aliphatic carbocycles. The molecule has 1 atom stereocenters. The Morgan fingerprint density at radius 1 is 1.23 bits per heavy atom. The first-order chi connectivity index (χ1) is 12.6. The van der Waals surface area contributed by atoms with Gasteiger partial charge in [0.2, 0.25) is 0 Å². The Morgan fingerprint density at radius 3 is 2.58 bits per heavy atom. The van der Waals surface area contributed by atoms with E-state index in [0.717, 1.165) is 21.3 Å². The van der Waals surface area contributed by atoms with Gasteiger partial charge in [-0.25, -0.2) is 5.01 Å². The lowest BCUT2D eigenvalue weighted by Crippen LogP contribution is -2.28. The molecular formula is C19H18BrClN2O3. The first-order valence-corrected chi connectivity index (χ1v) is 9.33. The van der Waals surface area contributed by atoms with Crippen molar-refractivity contribution >= 4 is 39.1 Å². The number of nitrogens with zero attached hydrogens (tertiary/aromatic N) is 2. The van der Waals surface area contributed by atoms with Gasteiger partial charge in [0.05, 0.1) is 26.0 Å². The van der Waals surface area contributed by atoms with Crippen LogP contribution in [0.1, 0.15) is 23.6 Å². The summed E-state index contributed by atoms with van der Waals surface area (Å²) >= 11 is 9.23. The summed E-state index contributed by atoms with van der Waals surface area (Å²) < 4.78 is 11.8. The Kier molecular flexibility index (Phi) is 5.84. The van der Waals surface area contributed by atoms with Gasteiger partial charge in [-0.1, -0.05) is 28.1 Å². The second kappa shape index (κ2) is 8.10. The fourth-order valence-electron chi connectivity index (χ4n) is 2.95. The maximum absolute atomic E-state index is 12.4. The Hall–Kier alpha value is -2.05. The molecule has 0 aromatic heterocycles. The van der Waals surface area contributed by atoms with Crippen LogP contribution in [0.3, 0.4) is 0 Å². The third-order valence-electron chi connectivity index (χ3n) is 4.26. The number of ether oxygens (including phenoxy) is 2. The number of alkyl halides is 1. The van der Waals surface area contributed by atoms with E-state index in [1.54, 1.807) is 20.3 Å². The van der Waals surface area contributed by atoms with Gasteiger partial charge in [-0.3, -0.25) is 4.79 Å². The van der Waals surface area contributed by atoms with E-state index in [4.69, 9.17) is 21.1 Å². The molecule has 136 valence electrons. The number of benzene rings is 2. The largest absolute Gasteiger partial charge is 0.497 e. The molecule has 1 aliphatic heterocycles. The third kappa shape index (κ3) is 3.71. The third-order valence-corrected chi connectivity index (χ3v) is 5.01. The van der Waals surface area contributed by atoms with Crippen molar-refractivity contribution < 1.29 is 14.3 Å². The topological polar surface area (TPSA) is 51.1 Å². The van der Waals surface area contributed by atoms with Gasteiger partial charge in [0, 0.05) is 22.5 Å². The summed E-state index contributed by atoms with van der Waals surface area (Å²) in [4.78, 5) is 12.4. The molecule has 0 bridgehead atoms. The fourth-order valence-corrected chi connectivity index (χ4v) is 3.34. The molecule has 0 saturated heterocycles. The highest BCUT2D eigenvalue weighted by atomic mass is 79.9. The number of rotatable bonds is 5. The number of carbonyl (C=O) groups excluding carboxylic acids is 1. The molecule has 2 aromatic carbocycles. The molecule has 0 spiro atoms. The Balaban J connectivity index is 1.99. The van der Waals surface area contributed by atoms with Gasteiger partial charge < -0.3 is 9.47 Å². The van der Waals surface area contributed by atoms with Crippen LogP contribution in [-0.4, -0.2) is 36.7 Å². The smallest absolute Gasteiger partial charge is 0.258 e. The molecule has 0 fully saturated rings. The van der Waals surface area contributed by atoms with Crippen LogP contribution in [0.4, 0.5) is 0 Å². The van der Waals surface area contributed by atoms with E-state index in [-0.39, 0.29) is 17.8 Å². The van der Waals surface area contributed by atoms with Gasteiger partial charge >= 0.3 is 0 Å². The van der Waals surface area contributed by atoms with E-state index in [1.165, 1.54) is 5.01 Å². The second-order valence-electron chi connectivity index (χ2n) is 5.75. The van der Waals surface area contributed by atoms with E-state index in [1.807, 2.05) is 36.4 Å². The number of carbonyl (C=O) groups is 1.